The molecule has 4 heteroatoms. The van der Waals surface area contributed by atoms with E-state index < -0.39 is 0 Å². The molecule has 0 atom stereocenters. The number of halogens is 1. The number of nitrogens with zero attached hydrogens (tertiary/aromatic N) is 3. The van der Waals surface area contributed by atoms with E-state index in [2.05, 4.69) is 10.1 Å². The predicted octanol–water partition coefficient (Wildman–Crippen LogP) is 2.54. The van der Waals surface area contributed by atoms with Crippen molar-refractivity contribution < 1.29 is 4.39 Å². The van der Waals surface area contributed by atoms with Crippen LogP contribution in [-0.4, -0.2) is 14.6 Å². The van der Waals surface area contributed by atoms with Crippen LogP contribution < -0.4 is 0 Å². The van der Waals surface area contributed by atoms with Crippen molar-refractivity contribution in [1.29, 1.82) is 0 Å². The highest BCUT2D eigenvalue weighted by Crippen LogP contribution is 2.23. The molecule has 2 aromatic heterocycles. The van der Waals surface area contributed by atoms with E-state index in [1.165, 1.54) is 12.1 Å². The van der Waals surface area contributed by atoms with Crippen molar-refractivity contribution in [3.05, 3.63) is 54.7 Å². The molecule has 1 aromatic carbocycles. The van der Waals surface area contributed by atoms with Gasteiger partial charge in [0, 0.05) is 18.0 Å². The Kier molecular flexibility index (Phi) is 1.93. The van der Waals surface area contributed by atoms with Crippen molar-refractivity contribution in [3.8, 4) is 11.1 Å². The van der Waals surface area contributed by atoms with Gasteiger partial charge in [-0.15, -0.1) is 0 Å². The molecule has 3 nitrogen and oxygen atoms in total. The molecule has 0 N–H and O–H groups in total. The summed E-state index contributed by atoms with van der Waals surface area (Å²) in [4.78, 5) is 4.23. The van der Waals surface area contributed by atoms with Crippen LogP contribution in [-0.2, 0) is 0 Å². The van der Waals surface area contributed by atoms with Crippen LogP contribution in [0.2, 0.25) is 0 Å². The zero-order valence-electron chi connectivity index (χ0n) is 8.34. The molecule has 0 saturated carbocycles. The number of aromatic nitrogens is 3. The highest BCUT2D eigenvalue weighted by Gasteiger charge is 2.07. The number of hydrogen-bond acceptors (Lipinski definition) is 2. The average Bonchev–Trinajstić information content (AvgIpc) is 2.72. The maximum atomic E-state index is 13.1. The van der Waals surface area contributed by atoms with Crippen molar-refractivity contribution in [1.82, 2.24) is 14.6 Å². The zero-order valence-corrected chi connectivity index (χ0v) is 8.34. The fourth-order valence-electron chi connectivity index (χ4n) is 1.69. The predicted molar refractivity (Wildman–Crippen MR) is 58.4 cm³/mol. The van der Waals surface area contributed by atoms with Gasteiger partial charge < -0.3 is 0 Å². The number of hydrogen-bond donors (Lipinski definition) is 0. The second-order valence-electron chi connectivity index (χ2n) is 3.46. The molecule has 0 aliphatic heterocycles. The quantitative estimate of drug-likeness (QED) is 0.621. The van der Waals surface area contributed by atoms with Crippen LogP contribution in [0.3, 0.4) is 0 Å². The van der Waals surface area contributed by atoms with E-state index in [4.69, 9.17) is 0 Å². The molecule has 0 radical (unpaired) electrons. The van der Waals surface area contributed by atoms with E-state index in [-0.39, 0.29) is 5.82 Å². The van der Waals surface area contributed by atoms with Crippen LogP contribution in [0.5, 0.6) is 0 Å². The lowest BCUT2D eigenvalue weighted by molar-refractivity contribution is 0.628. The van der Waals surface area contributed by atoms with Crippen LogP contribution in [0.4, 0.5) is 4.39 Å². The van der Waals surface area contributed by atoms with Crippen molar-refractivity contribution in [2.75, 3.05) is 0 Å². The molecule has 0 fully saturated rings. The number of fused-ring (bicyclic) bond motifs is 1. The Morgan fingerprint density at radius 3 is 3.00 bits per heavy atom. The van der Waals surface area contributed by atoms with Gasteiger partial charge in [0.05, 0.1) is 6.20 Å². The fourth-order valence-corrected chi connectivity index (χ4v) is 1.69. The molecule has 0 saturated heterocycles. The topological polar surface area (TPSA) is 30.2 Å². The Morgan fingerprint density at radius 1 is 1.19 bits per heavy atom. The maximum absolute atomic E-state index is 13.1. The minimum absolute atomic E-state index is 0.257. The standard InChI is InChI=1S/C12H8FN3/c13-10-4-1-3-9(7-10)11-8-15-16-6-2-5-14-12(11)16/h1-8H. The van der Waals surface area contributed by atoms with Gasteiger partial charge in [-0.25, -0.2) is 13.9 Å². The molecular weight excluding hydrogens is 205 g/mol. The summed E-state index contributed by atoms with van der Waals surface area (Å²) in [5, 5.41) is 4.16. The summed E-state index contributed by atoms with van der Waals surface area (Å²) in [6, 6.07) is 8.22. The molecule has 0 amide bonds. The number of benzene rings is 1. The third-order valence-corrected chi connectivity index (χ3v) is 2.41. The Hall–Kier alpha value is -2.23. The van der Waals surface area contributed by atoms with E-state index in [9.17, 15) is 4.39 Å². The largest absolute Gasteiger partial charge is 0.236 e. The first-order valence-electron chi connectivity index (χ1n) is 4.89. The van der Waals surface area contributed by atoms with Crippen LogP contribution in [0.25, 0.3) is 16.8 Å². The maximum Gasteiger partial charge on any atom is 0.162 e. The monoisotopic (exact) mass is 213 g/mol. The molecule has 0 aliphatic carbocycles. The lowest BCUT2D eigenvalue weighted by Gasteiger charge is -1.98. The minimum Gasteiger partial charge on any atom is -0.236 e. The normalized spacial score (nSPS) is 10.8. The van der Waals surface area contributed by atoms with Crippen LogP contribution >= 0.6 is 0 Å². The van der Waals surface area contributed by atoms with Crippen LogP contribution in [0.15, 0.2) is 48.9 Å². The highest BCUT2D eigenvalue weighted by atomic mass is 19.1. The number of rotatable bonds is 1. The fraction of sp³-hybridized carbons (Fsp3) is 0. The van der Waals surface area contributed by atoms with Gasteiger partial charge in [0.15, 0.2) is 5.65 Å². The summed E-state index contributed by atoms with van der Waals surface area (Å²) in [5.74, 6) is -0.257. The van der Waals surface area contributed by atoms with Gasteiger partial charge in [-0.05, 0) is 23.8 Å². The van der Waals surface area contributed by atoms with Crippen molar-refractivity contribution in [3.63, 3.8) is 0 Å². The Morgan fingerprint density at radius 2 is 2.12 bits per heavy atom. The van der Waals surface area contributed by atoms with Gasteiger partial charge in [-0.2, -0.15) is 5.10 Å². The lowest BCUT2D eigenvalue weighted by Crippen LogP contribution is -1.87. The molecule has 0 aliphatic rings. The Bertz CT molecular complexity index is 645. The van der Waals surface area contributed by atoms with Gasteiger partial charge in [-0.1, -0.05) is 12.1 Å². The molecular formula is C12H8FN3. The average molecular weight is 213 g/mol. The second kappa shape index (κ2) is 3.41. The zero-order chi connectivity index (χ0) is 11.0. The molecule has 0 bridgehead atoms. The minimum atomic E-state index is -0.257. The molecule has 78 valence electrons. The molecule has 2 heterocycles. The van der Waals surface area contributed by atoms with Crippen molar-refractivity contribution >= 4 is 5.65 Å². The van der Waals surface area contributed by atoms with E-state index in [1.54, 1.807) is 29.0 Å². The van der Waals surface area contributed by atoms with Gasteiger partial charge >= 0.3 is 0 Å². The SMILES string of the molecule is Fc1cccc(-c2cnn3cccnc23)c1. The first-order chi connectivity index (χ1) is 7.84. The van der Waals surface area contributed by atoms with E-state index in [1.807, 2.05) is 12.3 Å². The van der Waals surface area contributed by atoms with E-state index in [0.717, 1.165) is 16.8 Å². The van der Waals surface area contributed by atoms with Gasteiger partial charge in [0.2, 0.25) is 0 Å². The van der Waals surface area contributed by atoms with Crippen LogP contribution in [0, 0.1) is 5.82 Å². The van der Waals surface area contributed by atoms with E-state index in [0.29, 0.717) is 0 Å². The molecule has 16 heavy (non-hydrogen) atoms. The van der Waals surface area contributed by atoms with Crippen LogP contribution in [0.1, 0.15) is 0 Å². The first-order valence-corrected chi connectivity index (χ1v) is 4.89. The summed E-state index contributed by atoms with van der Waals surface area (Å²) in [7, 11) is 0. The summed E-state index contributed by atoms with van der Waals surface area (Å²) in [5.41, 5.74) is 2.35. The molecule has 0 unspecified atom stereocenters. The summed E-state index contributed by atoms with van der Waals surface area (Å²) >= 11 is 0. The molecule has 3 aromatic rings. The Balaban J connectivity index is 2.26. The lowest BCUT2D eigenvalue weighted by atomic mass is 10.1. The van der Waals surface area contributed by atoms with Gasteiger partial charge in [-0.3, -0.25) is 0 Å². The smallest absolute Gasteiger partial charge is 0.162 e. The third kappa shape index (κ3) is 1.35. The first kappa shape index (κ1) is 9.03. The summed E-state index contributed by atoms with van der Waals surface area (Å²) in [6.45, 7) is 0. The molecule has 0 spiro atoms. The van der Waals surface area contributed by atoms with Gasteiger partial charge in [0.1, 0.15) is 5.82 Å². The second-order valence-corrected chi connectivity index (χ2v) is 3.46. The van der Waals surface area contributed by atoms with Crippen molar-refractivity contribution in [2.45, 2.75) is 0 Å². The highest BCUT2D eigenvalue weighted by molar-refractivity contribution is 5.76. The summed E-state index contributed by atoms with van der Waals surface area (Å²) < 4.78 is 14.8. The summed E-state index contributed by atoms with van der Waals surface area (Å²) in [6.07, 6.45) is 5.20. The third-order valence-electron chi connectivity index (χ3n) is 2.41. The Labute approximate surface area is 91.2 Å². The van der Waals surface area contributed by atoms with Gasteiger partial charge in [0.25, 0.3) is 0 Å². The van der Waals surface area contributed by atoms with E-state index >= 15 is 0 Å². The molecule has 3 rings (SSSR count). The van der Waals surface area contributed by atoms with Crippen molar-refractivity contribution in [2.24, 2.45) is 0 Å².